The van der Waals surface area contributed by atoms with Gasteiger partial charge in [-0.05, 0) is 32.0 Å². The molecule has 2 rings (SSSR count). The highest BCUT2D eigenvalue weighted by atomic mass is 16.6. The van der Waals surface area contributed by atoms with E-state index in [1.54, 1.807) is 6.92 Å². The van der Waals surface area contributed by atoms with E-state index in [1.807, 2.05) is 38.1 Å². The number of nitrogens with one attached hydrogen (secondary N) is 1. The van der Waals surface area contributed by atoms with Crippen molar-refractivity contribution in [3.05, 3.63) is 29.8 Å². The number of ether oxygens (including phenoxy) is 2. The van der Waals surface area contributed by atoms with Crippen molar-refractivity contribution in [2.75, 3.05) is 18.5 Å². The average molecular weight is 277 g/mol. The Morgan fingerprint density at radius 3 is 2.80 bits per heavy atom. The molecule has 1 N–H and O–H groups in total. The first-order chi connectivity index (χ1) is 9.69. The summed E-state index contributed by atoms with van der Waals surface area (Å²) in [5.41, 5.74) is 2.14. The first-order valence-electron chi connectivity index (χ1n) is 7.06. The third kappa shape index (κ3) is 4.61. The van der Waals surface area contributed by atoms with Gasteiger partial charge in [0.15, 0.2) is 6.61 Å². The lowest BCUT2D eigenvalue weighted by Crippen LogP contribution is -2.16. The van der Waals surface area contributed by atoms with Crippen LogP contribution in [0, 0.1) is 0 Å². The van der Waals surface area contributed by atoms with E-state index in [0.717, 1.165) is 11.3 Å². The molecule has 0 aliphatic carbocycles. The molecule has 0 radical (unpaired) electrons. The van der Waals surface area contributed by atoms with Crippen LogP contribution < -0.4 is 10.1 Å². The minimum Gasteiger partial charge on any atom is -0.482 e. The zero-order chi connectivity index (χ0) is 15.0. The molecule has 0 amide bonds. The fourth-order valence-corrected chi connectivity index (χ4v) is 1.79. The van der Waals surface area contributed by atoms with Gasteiger partial charge in [-0.25, -0.2) is 4.79 Å². The molecular formula is C16H23NO3. The van der Waals surface area contributed by atoms with Crippen LogP contribution in [0.4, 0.5) is 5.69 Å². The van der Waals surface area contributed by atoms with E-state index in [9.17, 15) is 4.79 Å². The molecule has 1 aliphatic heterocycles. The molecule has 0 bridgehead atoms. The highest BCUT2D eigenvalue weighted by molar-refractivity contribution is 5.73. The summed E-state index contributed by atoms with van der Waals surface area (Å²) in [5, 5.41) is 3.34. The molecule has 20 heavy (non-hydrogen) atoms. The number of benzene rings is 1. The molecule has 4 heteroatoms. The van der Waals surface area contributed by atoms with Gasteiger partial charge in [-0.15, -0.1) is 0 Å². The molecule has 0 spiro atoms. The number of anilines is 1. The Hall–Kier alpha value is -1.97. The van der Waals surface area contributed by atoms with Gasteiger partial charge < -0.3 is 14.8 Å². The Labute approximate surface area is 120 Å². The largest absolute Gasteiger partial charge is 0.482 e. The number of rotatable bonds is 4. The summed E-state index contributed by atoms with van der Waals surface area (Å²) in [6, 6.07) is 6.04. The molecule has 0 saturated heterocycles. The summed E-state index contributed by atoms with van der Waals surface area (Å²) >= 11 is 0. The Bertz CT molecular complexity index is 469. The molecule has 0 saturated carbocycles. The van der Waals surface area contributed by atoms with Crippen LogP contribution in [0.5, 0.6) is 5.75 Å². The molecule has 1 heterocycles. The maximum atomic E-state index is 11.2. The normalized spacial score (nSPS) is 15.3. The predicted octanol–water partition coefficient (Wildman–Crippen LogP) is 3.48. The van der Waals surface area contributed by atoms with E-state index < -0.39 is 0 Å². The van der Waals surface area contributed by atoms with Crippen molar-refractivity contribution in [2.24, 2.45) is 0 Å². The van der Waals surface area contributed by atoms with Gasteiger partial charge >= 0.3 is 5.97 Å². The van der Waals surface area contributed by atoms with Gasteiger partial charge in [-0.1, -0.05) is 26.0 Å². The van der Waals surface area contributed by atoms with Crippen molar-refractivity contribution in [1.82, 2.24) is 0 Å². The highest BCUT2D eigenvalue weighted by Crippen LogP contribution is 2.27. The smallest absolute Gasteiger partial charge is 0.344 e. The monoisotopic (exact) mass is 277 g/mol. The third-order valence-corrected chi connectivity index (χ3v) is 2.63. The van der Waals surface area contributed by atoms with E-state index in [1.165, 1.54) is 0 Å². The minimum absolute atomic E-state index is 0.0554. The van der Waals surface area contributed by atoms with Crippen molar-refractivity contribution in [3.8, 4) is 5.75 Å². The van der Waals surface area contributed by atoms with Crippen LogP contribution >= 0.6 is 0 Å². The molecule has 4 nitrogen and oxygen atoms in total. The zero-order valence-corrected chi connectivity index (χ0v) is 12.6. The lowest BCUT2D eigenvalue weighted by Gasteiger charge is -2.19. The standard InChI is InChI=1S/C14H17NO3.C2H6/c1-3-17-14(16)9-18-12-6-7-13-11(8-12)5-4-10(2)15-13;1-2/h4-8,10,15H,3,9H2,1-2H3;1-2H3. The number of hydrogen-bond acceptors (Lipinski definition) is 4. The second-order valence-corrected chi connectivity index (χ2v) is 4.13. The zero-order valence-electron chi connectivity index (χ0n) is 12.6. The van der Waals surface area contributed by atoms with Crippen LogP contribution in [-0.2, 0) is 9.53 Å². The molecule has 1 aliphatic rings. The van der Waals surface area contributed by atoms with Crippen LogP contribution in [0.2, 0.25) is 0 Å². The average Bonchev–Trinajstić information content (AvgIpc) is 2.47. The topological polar surface area (TPSA) is 47.6 Å². The van der Waals surface area contributed by atoms with Crippen molar-refractivity contribution in [2.45, 2.75) is 33.7 Å². The van der Waals surface area contributed by atoms with Gasteiger partial charge in [0, 0.05) is 17.3 Å². The van der Waals surface area contributed by atoms with Crippen molar-refractivity contribution < 1.29 is 14.3 Å². The molecule has 1 aromatic rings. The molecule has 0 aromatic heterocycles. The van der Waals surface area contributed by atoms with Gasteiger partial charge in [0.2, 0.25) is 0 Å². The van der Waals surface area contributed by atoms with Gasteiger partial charge in [0.1, 0.15) is 5.75 Å². The van der Waals surface area contributed by atoms with Gasteiger partial charge in [-0.2, -0.15) is 0 Å². The number of hydrogen-bond donors (Lipinski definition) is 1. The van der Waals surface area contributed by atoms with Crippen LogP contribution in [0.25, 0.3) is 6.08 Å². The number of fused-ring (bicyclic) bond motifs is 1. The first kappa shape index (κ1) is 16.1. The van der Waals surface area contributed by atoms with Crippen LogP contribution in [-0.4, -0.2) is 25.2 Å². The van der Waals surface area contributed by atoms with Gasteiger partial charge in [-0.3, -0.25) is 0 Å². The second-order valence-electron chi connectivity index (χ2n) is 4.13. The van der Waals surface area contributed by atoms with Crippen molar-refractivity contribution in [1.29, 1.82) is 0 Å². The predicted molar refractivity (Wildman–Crippen MR) is 82.0 cm³/mol. The van der Waals surface area contributed by atoms with Gasteiger partial charge in [0.05, 0.1) is 6.61 Å². The summed E-state index contributed by atoms with van der Waals surface area (Å²) in [6.07, 6.45) is 4.13. The maximum Gasteiger partial charge on any atom is 0.344 e. The summed E-state index contributed by atoms with van der Waals surface area (Å²) in [6.45, 7) is 8.18. The minimum atomic E-state index is -0.350. The maximum absolute atomic E-state index is 11.2. The quantitative estimate of drug-likeness (QED) is 0.856. The van der Waals surface area contributed by atoms with E-state index in [4.69, 9.17) is 9.47 Å². The molecule has 110 valence electrons. The SMILES string of the molecule is CC.CCOC(=O)COc1ccc2c(c1)C=CC(C)N2. The fraction of sp³-hybridized carbons (Fsp3) is 0.438. The molecule has 0 fully saturated rings. The van der Waals surface area contributed by atoms with Crippen LogP contribution in [0.3, 0.4) is 0 Å². The fourth-order valence-electron chi connectivity index (χ4n) is 1.79. The Morgan fingerprint density at radius 2 is 2.10 bits per heavy atom. The summed E-state index contributed by atoms with van der Waals surface area (Å²) < 4.78 is 10.2. The Balaban J connectivity index is 0.000000956. The van der Waals surface area contributed by atoms with Gasteiger partial charge in [0.25, 0.3) is 0 Å². The second kappa shape index (κ2) is 8.25. The summed E-state index contributed by atoms with van der Waals surface area (Å²) in [5.74, 6) is 0.320. The molecule has 1 aromatic carbocycles. The van der Waals surface area contributed by atoms with E-state index in [-0.39, 0.29) is 12.6 Å². The van der Waals surface area contributed by atoms with Crippen molar-refractivity contribution >= 4 is 17.7 Å². The van der Waals surface area contributed by atoms with Crippen LogP contribution in [0.15, 0.2) is 24.3 Å². The summed E-state index contributed by atoms with van der Waals surface area (Å²) in [4.78, 5) is 11.2. The van der Waals surface area contributed by atoms with Crippen LogP contribution in [0.1, 0.15) is 33.3 Å². The lowest BCUT2D eigenvalue weighted by molar-refractivity contribution is -0.145. The van der Waals surface area contributed by atoms with E-state index in [2.05, 4.69) is 18.3 Å². The Kier molecular flexibility index (Phi) is 6.64. The van der Waals surface area contributed by atoms with E-state index in [0.29, 0.717) is 18.4 Å². The number of esters is 1. The third-order valence-electron chi connectivity index (χ3n) is 2.63. The van der Waals surface area contributed by atoms with E-state index >= 15 is 0 Å². The van der Waals surface area contributed by atoms with Crippen molar-refractivity contribution in [3.63, 3.8) is 0 Å². The number of carbonyl (C=O) groups is 1. The molecule has 1 unspecified atom stereocenters. The lowest BCUT2D eigenvalue weighted by atomic mass is 10.1. The number of carbonyl (C=O) groups excluding carboxylic acids is 1. The first-order valence-corrected chi connectivity index (χ1v) is 7.06. The molecular weight excluding hydrogens is 254 g/mol. The Morgan fingerprint density at radius 1 is 1.35 bits per heavy atom. The highest BCUT2D eigenvalue weighted by Gasteiger charge is 2.10. The summed E-state index contributed by atoms with van der Waals surface area (Å²) in [7, 11) is 0. The molecule has 1 atom stereocenters.